The first-order valence-electron chi connectivity index (χ1n) is 7.80. The van der Waals surface area contributed by atoms with Gasteiger partial charge in [0.25, 0.3) is 0 Å². The van der Waals surface area contributed by atoms with Gasteiger partial charge < -0.3 is 5.32 Å². The van der Waals surface area contributed by atoms with E-state index in [9.17, 15) is 13.2 Å². The Morgan fingerprint density at radius 1 is 0.920 bits per heavy atom. The molecule has 2 N–H and O–H groups in total. The van der Waals surface area contributed by atoms with Crippen LogP contribution in [0.4, 0.5) is 5.69 Å². The summed E-state index contributed by atoms with van der Waals surface area (Å²) in [5.74, 6) is -0.152. The van der Waals surface area contributed by atoms with Crippen molar-refractivity contribution in [2.45, 2.75) is 11.3 Å². The Kier molecular flexibility index (Phi) is 4.83. The van der Waals surface area contributed by atoms with Crippen LogP contribution in [0, 0.1) is 0 Å². The van der Waals surface area contributed by atoms with E-state index in [1.54, 1.807) is 12.1 Å². The number of rotatable bonds is 5. The maximum atomic E-state index is 12.3. The molecule has 3 rings (SSSR count). The monoisotopic (exact) mass is 354 g/mol. The molecule has 0 radical (unpaired) electrons. The molecule has 3 aromatic rings. The molecule has 0 saturated heterocycles. The normalized spacial score (nSPS) is 11.4. The van der Waals surface area contributed by atoms with Gasteiger partial charge in [0, 0.05) is 5.69 Å². The number of hydrogen-bond acceptors (Lipinski definition) is 3. The molecule has 0 fully saturated rings. The Morgan fingerprint density at radius 2 is 1.60 bits per heavy atom. The summed E-state index contributed by atoms with van der Waals surface area (Å²) in [7, 11) is -2.12. The molecule has 0 aliphatic heterocycles. The minimum atomic E-state index is -3.48. The fourth-order valence-electron chi connectivity index (χ4n) is 2.66. The van der Waals surface area contributed by atoms with Gasteiger partial charge in [0.2, 0.25) is 15.9 Å². The first-order valence-corrected chi connectivity index (χ1v) is 9.28. The van der Waals surface area contributed by atoms with Crippen LogP contribution in [0.5, 0.6) is 0 Å². The molecule has 25 heavy (non-hydrogen) atoms. The van der Waals surface area contributed by atoms with E-state index in [0.717, 1.165) is 16.3 Å². The Bertz CT molecular complexity index is 1010. The molecular formula is C19H18N2O3S. The maximum Gasteiger partial charge on any atom is 0.240 e. The Balaban J connectivity index is 1.74. The summed E-state index contributed by atoms with van der Waals surface area (Å²) in [4.78, 5) is 12.5. The summed E-state index contributed by atoms with van der Waals surface area (Å²) in [5, 5.41) is 4.94. The molecule has 0 heterocycles. The third kappa shape index (κ3) is 3.87. The van der Waals surface area contributed by atoms with E-state index < -0.39 is 10.0 Å². The van der Waals surface area contributed by atoms with Crippen LogP contribution in [-0.4, -0.2) is 21.4 Å². The fourth-order valence-corrected chi connectivity index (χ4v) is 3.39. The van der Waals surface area contributed by atoms with E-state index in [4.69, 9.17) is 0 Å². The SMILES string of the molecule is CNS(=O)(=O)c1ccc(NC(=O)Cc2cccc3ccccc23)cc1. The first kappa shape index (κ1) is 17.1. The molecule has 0 atom stereocenters. The number of hydrogen-bond donors (Lipinski definition) is 2. The summed E-state index contributed by atoms with van der Waals surface area (Å²) in [5.41, 5.74) is 1.50. The fraction of sp³-hybridized carbons (Fsp3) is 0.105. The van der Waals surface area contributed by atoms with Gasteiger partial charge in [0.1, 0.15) is 0 Å². The number of anilines is 1. The quantitative estimate of drug-likeness (QED) is 0.740. The van der Waals surface area contributed by atoms with E-state index >= 15 is 0 Å². The van der Waals surface area contributed by atoms with Gasteiger partial charge >= 0.3 is 0 Å². The average molecular weight is 354 g/mol. The van der Waals surface area contributed by atoms with Crippen LogP contribution in [0.2, 0.25) is 0 Å². The summed E-state index contributed by atoms with van der Waals surface area (Å²) in [6.07, 6.45) is 0.248. The van der Waals surface area contributed by atoms with Crippen molar-refractivity contribution in [2.24, 2.45) is 0 Å². The second-order valence-corrected chi connectivity index (χ2v) is 7.48. The highest BCUT2D eigenvalue weighted by Gasteiger charge is 2.11. The van der Waals surface area contributed by atoms with Gasteiger partial charge in [0.15, 0.2) is 0 Å². The molecule has 0 spiro atoms. The van der Waals surface area contributed by atoms with Crippen LogP contribution in [0.1, 0.15) is 5.56 Å². The van der Waals surface area contributed by atoms with Gasteiger partial charge in [-0.3, -0.25) is 4.79 Å². The molecule has 3 aromatic carbocycles. The number of benzene rings is 3. The first-order chi connectivity index (χ1) is 12.0. The Morgan fingerprint density at radius 3 is 2.32 bits per heavy atom. The van der Waals surface area contributed by atoms with E-state index in [-0.39, 0.29) is 17.2 Å². The topological polar surface area (TPSA) is 75.3 Å². The molecule has 0 bridgehead atoms. The minimum absolute atomic E-state index is 0.152. The van der Waals surface area contributed by atoms with Gasteiger partial charge in [-0.1, -0.05) is 42.5 Å². The lowest BCUT2D eigenvalue weighted by Crippen LogP contribution is -2.18. The number of sulfonamides is 1. The second kappa shape index (κ2) is 7.04. The van der Waals surface area contributed by atoms with E-state index in [1.165, 1.54) is 19.2 Å². The zero-order chi connectivity index (χ0) is 17.9. The molecule has 128 valence electrons. The van der Waals surface area contributed by atoms with Crippen molar-refractivity contribution in [3.05, 3.63) is 72.3 Å². The zero-order valence-corrected chi connectivity index (χ0v) is 14.5. The molecule has 0 aliphatic carbocycles. The lowest BCUT2D eigenvalue weighted by atomic mass is 10.0. The van der Waals surface area contributed by atoms with E-state index in [2.05, 4.69) is 10.0 Å². The standard InChI is InChI=1S/C19H18N2O3S/c1-20-25(23,24)17-11-9-16(10-12-17)21-19(22)13-15-7-4-6-14-5-2-3-8-18(14)15/h2-12,20H,13H2,1H3,(H,21,22). The lowest BCUT2D eigenvalue weighted by molar-refractivity contribution is -0.115. The maximum absolute atomic E-state index is 12.3. The number of amides is 1. The second-order valence-electron chi connectivity index (χ2n) is 5.60. The van der Waals surface area contributed by atoms with Crippen LogP contribution >= 0.6 is 0 Å². The van der Waals surface area contributed by atoms with Crippen LogP contribution in [0.15, 0.2) is 71.6 Å². The van der Waals surface area contributed by atoms with Crippen molar-refractivity contribution in [3.63, 3.8) is 0 Å². The summed E-state index contributed by atoms with van der Waals surface area (Å²) < 4.78 is 25.7. The van der Waals surface area contributed by atoms with Gasteiger partial charge in [0.05, 0.1) is 11.3 Å². The van der Waals surface area contributed by atoms with Gasteiger partial charge in [-0.2, -0.15) is 0 Å². The van der Waals surface area contributed by atoms with Crippen LogP contribution in [-0.2, 0) is 21.2 Å². The molecule has 0 saturated carbocycles. The molecular weight excluding hydrogens is 336 g/mol. The summed E-state index contributed by atoms with van der Waals surface area (Å²) in [6.45, 7) is 0. The van der Waals surface area contributed by atoms with Gasteiger partial charge in [-0.25, -0.2) is 13.1 Å². The Hall–Kier alpha value is -2.70. The molecule has 5 nitrogen and oxygen atoms in total. The molecule has 6 heteroatoms. The minimum Gasteiger partial charge on any atom is -0.326 e. The number of nitrogens with one attached hydrogen (secondary N) is 2. The zero-order valence-electron chi connectivity index (χ0n) is 13.7. The van der Waals surface area contributed by atoms with Crippen molar-refractivity contribution < 1.29 is 13.2 Å². The smallest absolute Gasteiger partial charge is 0.240 e. The lowest BCUT2D eigenvalue weighted by Gasteiger charge is -2.09. The third-order valence-corrected chi connectivity index (χ3v) is 5.38. The van der Waals surface area contributed by atoms with E-state index in [0.29, 0.717) is 5.69 Å². The highest BCUT2D eigenvalue weighted by molar-refractivity contribution is 7.89. The van der Waals surface area contributed by atoms with Crippen molar-refractivity contribution in [2.75, 3.05) is 12.4 Å². The molecule has 0 aliphatic rings. The molecule has 1 amide bonds. The van der Waals surface area contributed by atoms with Crippen molar-refractivity contribution in [3.8, 4) is 0 Å². The van der Waals surface area contributed by atoms with E-state index in [1.807, 2.05) is 42.5 Å². The van der Waals surface area contributed by atoms with Crippen LogP contribution < -0.4 is 10.0 Å². The average Bonchev–Trinajstić information content (AvgIpc) is 2.62. The number of carbonyl (C=O) groups is 1. The summed E-state index contributed by atoms with van der Waals surface area (Å²) >= 11 is 0. The van der Waals surface area contributed by atoms with Crippen molar-refractivity contribution in [1.29, 1.82) is 0 Å². The largest absolute Gasteiger partial charge is 0.326 e. The highest BCUT2D eigenvalue weighted by Crippen LogP contribution is 2.20. The Labute approximate surface area is 146 Å². The predicted octanol–water partition coefficient (Wildman–Crippen LogP) is 2.93. The predicted molar refractivity (Wildman–Crippen MR) is 99.0 cm³/mol. The van der Waals surface area contributed by atoms with Gasteiger partial charge in [-0.15, -0.1) is 0 Å². The highest BCUT2D eigenvalue weighted by atomic mass is 32.2. The molecule has 0 aromatic heterocycles. The third-order valence-electron chi connectivity index (χ3n) is 3.95. The molecule has 0 unspecified atom stereocenters. The number of fused-ring (bicyclic) bond motifs is 1. The van der Waals surface area contributed by atoms with Crippen LogP contribution in [0.3, 0.4) is 0 Å². The van der Waals surface area contributed by atoms with Crippen molar-refractivity contribution >= 4 is 32.4 Å². The van der Waals surface area contributed by atoms with Crippen LogP contribution in [0.25, 0.3) is 10.8 Å². The van der Waals surface area contributed by atoms with Crippen molar-refractivity contribution in [1.82, 2.24) is 4.72 Å². The number of carbonyl (C=O) groups excluding carboxylic acids is 1. The van der Waals surface area contributed by atoms with Gasteiger partial charge in [-0.05, 0) is 47.6 Å². The summed E-state index contributed by atoms with van der Waals surface area (Å²) in [6, 6.07) is 19.9.